The highest BCUT2D eigenvalue weighted by atomic mass is 32.2. The van der Waals surface area contributed by atoms with Gasteiger partial charge in [-0.2, -0.15) is 0 Å². The third-order valence-electron chi connectivity index (χ3n) is 9.49. The number of methoxy groups -OCH3 is 2. The Bertz CT molecular complexity index is 2060. The summed E-state index contributed by atoms with van der Waals surface area (Å²) in [7, 11) is 0.142. The fourth-order valence-corrected chi connectivity index (χ4v) is 9.15. The van der Waals surface area contributed by atoms with Gasteiger partial charge in [-0.1, -0.05) is 71.8 Å². The zero-order valence-corrected chi connectivity index (χ0v) is 34.8. The number of rotatable bonds is 22. The number of ether oxygens (including phenoxy) is 4. The van der Waals surface area contributed by atoms with Gasteiger partial charge in [0.05, 0.1) is 31.4 Å². The van der Waals surface area contributed by atoms with Crippen molar-refractivity contribution >= 4 is 53.0 Å². The summed E-state index contributed by atoms with van der Waals surface area (Å²) in [5.74, 6) is 1.16. The van der Waals surface area contributed by atoms with Crippen molar-refractivity contribution < 1.29 is 27.4 Å². The maximum Gasteiger partial charge on any atom is 0.188 e. The molecule has 5 aromatic rings. The minimum atomic E-state index is -1.52. The van der Waals surface area contributed by atoms with Crippen LogP contribution in [0.5, 0.6) is 11.5 Å². The van der Waals surface area contributed by atoms with Gasteiger partial charge in [0.25, 0.3) is 0 Å². The van der Waals surface area contributed by atoms with Gasteiger partial charge >= 0.3 is 0 Å². The van der Waals surface area contributed by atoms with E-state index in [2.05, 4.69) is 37.4 Å². The Morgan fingerprint density at radius 2 is 0.929 bits per heavy atom. The molecular formula is C48H54O6S2. The van der Waals surface area contributed by atoms with E-state index in [1.165, 1.54) is 0 Å². The van der Waals surface area contributed by atoms with Crippen LogP contribution in [0.1, 0.15) is 73.6 Å². The zero-order chi connectivity index (χ0) is 39.9. The predicted molar refractivity (Wildman–Crippen MR) is 235 cm³/mol. The summed E-state index contributed by atoms with van der Waals surface area (Å²) < 4.78 is 52.5. The van der Waals surface area contributed by atoms with Crippen molar-refractivity contribution in [1.82, 2.24) is 0 Å². The van der Waals surface area contributed by atoms with E-state index in [0.717, 1.165) is 95.2 Å². The molecule has 0 amide bonds. The Labute approximate surface area is 337 Å². The Morgan fingerprint density at radius 1 is 0.554 bits per heavy atom. The first-order chi connectivity index (χ1) is 27.3. The molecule has 5 aromatic carbocycles. The number of hydrogen-bond acceptors (Lipinski definition) is 6. The summed E-state index contributed by atoms with van der Waals surface area (Å²) >= 11 is 0. The van der Waals surface area contributed by atoms with Crippen LogP contribution in [0.3, 0.4) is 0 Å². The number of allylic oxidation sites excluding steroid dienone is 4. The van der Waals surface area contributed by atoms with Crippen molar-refractivity contribution in [2.45, 2.75) is 75.0 Å². The van der Waals surface area contributed by atoms with E-state index < -0.39 is 21.6 Å². The lowest BCUT2D eigenvalue weighted by Crippen LogP contribution is -2.06. The van der Waals surface area contributed by atoms with Crippen molar-refractivity contribution in [2.24, 2.45) is 0 Å². The minimum absolute atomic E-state index is 0.0337. The molecule has 2 atom stereocenters. The lowest BCUT2D eigenvalue weighted by Gasteiger charge is -2.20. The molecule has 6 nitrogen and oxygen atoms in total. The Balaban J connectivity index is 1.78. The van der Waals surface area contributed by atoms with E-state index in [1.807, 2.05) is 98.8 Å². The molecule has 5 rings (SSSR count). The van der Waals surface area contributed by atoms with Gasteiger partial charge in [0, 0.05) is 35.1 Å². The lowest BCUT2D eigenvalue weighted by molar-refractivity contribution is 0.0509. The second-order valence-corrected chi connectivity index (χ2v) is 16.6. The highest BCUT2D eigenvalue weighted by Gasteiger charge is 2.24. The average Bonchev–Trinajstić information content (AvgIpc) is 3.21. The van der Waals surface area contributed by atoms with Crippen molar-refractivity contribution in [3.63, 3.8) is 0 Å². The summed E-state index contributed by atoms with van der Waals surface area (Å²) in [5.41, 5.74) is 3.71. The summed E-state index contributed by atoms with van der Waals surface area (Å²) in [5, 5.41) is 3.59. The minimum Gasteiger partial charge on any atom is -0.467 e. The van der Waals surface area contributed by atoms with Crippen molar-refractivity contribution in [1.29, 1.82) is 0 Å². The van der Waals surface area contributed by atoms with E-state index in [1.54, 1.807) is 14.2 Å². The van der Waals surface area contributed by atoms with Gasteiger partial charge in [-0.15, -0.1) is 13.2 Å². The van der Waals surface area contributed by atoms with Gasteiger partial charge in [-0.25, -0.2) is 8.42 Å². The Kier molecular flexibility index (Phi) is 16.4. The maximum atomic E-state index is 14.7. The maximum absolute atomic E-state index is 14.7. The first kappa shape index (κ1) is 42.5. The van der Waals surface area contributed by atoms with E-state index in [4.69, 9.17) is 18.9 Å². The number of fused-ring (bicyclic) bond motifs is 2. The molecule has 8 heteroatoms. The van der Waals surface area contributed by atoms with E-state index >= 15 is 0 Å². The van der Waals surface area contributed by atoms with Crippen LogP contribution in [-0.4, -0.2) is 36.2 Å². The molecule has 0 radical (unpaired) electrons. The van der Waals surface area contributed by atoms with E-state index in [0.29, 0.717) is 31.1 Å². The van der Waals surface area contributed by atoms with Crippen molar-refractivity contribution in [2.75, 3.05) is 27.8 Å². The van der Waals surface area contributed by atoms with Crippen molar-refractivity contribution in [3.8, 4) is 11.5 Å². The first-order valence-electron chi connectivity index (χ1n) is 19.2. The number of hydrogen-bond donors (Lipinski definition) is 0. The Morgan fingerprint density at radius 3 is 1.29 bits per heavy atom. The van der Waals surface area contributed by atoms with Gasteiger partial charge < -0.3 is 18.9 Å². The van der Waals surface area contributed by atoms with Gasteiger partial charge in [0.1, 0.15) is 11.5 Å². The van der Waals surface area contributed by atoms with E-state index in [-0.39, 0.29) is 13.6 Å². The predicted octanol–water partition coefficient (Wildman–Crippen LogP) is 12.4. The highest BCUT2D eigenvalue weighted by Crippen LogP contribution is 2.43. The third kappa shape index (κ3) is 10.8. The molecule has 0 spiro atoms. The van der Waals surface area contributed by atoms with Crippen LogP contribution in [-0.2, 0) is 31.1 Å². The van der Waals surface area contributed by atoms with Crippen LogP contribution in [0, 0.1) is 13.8 Å². The van der Waals surface area contributed by atoms with Gasteiger partial charge in [-0.05, 0) is 135 Å². The van der Waals surface area contributed by atoms with Gasteiger partial charge in [-0.3, -0.25) is 0 Å². The second kappa shape index (κ2) is 21.6. The molecule has 0 aromatic heterocycles. The fourth-order valence-electron chi connectivity index (χ4n) is 6.55. The number of aryl methyl sites for hydroxylation is 2. The van der Waals surface area contributed by atoms with Gasteiger partial charge in [0.2, 0.25) is 0 Å². The molecule has 0 fully saturated rings. The van der Waals surface area contributed by atoms with Crippen LogP contribution in [0.25, 0.3) is 31.4 Å². The molecule has 294 valence electrons. The molecule has 2 unspecified atom stereocenters. The number of benzene rings is 5. The van der Waals surface area contributed by atoms with Crippen LogP contribution in [0.15, 0.2) is 132 Å². The van der Waals surface area contributed by atoms with Crippen LogP contribution in [0.4, 0.5) is 0 Å². The molecule has 0 saturated heterocycles. The van der Waals surface area contributed by atoms with Crippen LogP contribution in [0.2, 0.25) is 0 Å². The average molecular weight is 791 g/mol. The lowest BCUT2D eigenvalue weighted by atomic mass is 9.95. The van der Waals surface area contributed by atoms with E-state index in [9.17, 15) is 8.42 Å². The smallest absolute Gasteiger partial charge is 0.188 e. The summed E-state index contributed by atoms with van der Waals surface area (Å²) in [6, 6.07) is 27.8. The standard InChI is InChI=1S/C48H54O6S2/c1-7-9-11-13-15-17-45(55(49)39-25-19-35(3)20-26-39)47-41-31-38-24-30-44(54-34-52-6)48(42(38)32-37(41)23-29-43(47)53-33-51-5)46(18-16-14-12-10-8-2)56(50)40-27-21-36(4)22-28-40/h7-8,17-32H,1-2,9-16,33-34H2,3-6H3/b45-17-,46-18-. The summed E-state index contributed by atoms with van der Waals surface area (Å²) in [6.45, 7) is 11.9. The first-order valence-corrected chi connectivity index (χ1v) is 21.5. The molecular weight excluding hydrogens is 737 g/mol. The summed E-state index contributed by atoms with van der Waals surface area (Å²) in [6.07, 6.45) is 15.2. The topological polar surface area (TPSA) is 71.1 Å². The fraction of sp³-hybridized carbons (Fsp3) is 0.292. The summed E-state index contributed by atoms with van der Waals surface area (Å²) in [4.78, 5) is 2.80. The van der Waals surface area contributed by atoms with Crippen LogP contribution < -0.4 is 9.47 Å². The largest absolute Gasteiger partial charge is 0.467 e. The molecule has 0 aliphatic carbocycles. The second-order valence-electron chi connectivity index (χ2n) is 13.7. The molecule has 0 bridgehead atoms. The molecule has 0 heterocycles. The zero-order valence-electron chi connectivity index (χ0n) is 33.1. The monoisotopic (exact) mass is 790 g/mol. The molecule has 0 aliphatic rings. The number of unbranched alkanes of at least 4 members (excludes halogenated alkanes) is 6. The molecule has 0 saturated carbocycles. The molecule has 0 aliphatic heterocycles. The SMILES string of the molecule is C=CCCCC/C=C(/c1c(OCOC)ccc2cc3c(/C(=C/CCCCC=C)S(=O)c4ccc(C)cc4)c(OCOC)ccc3cc12)S(=O)c1ccc(C)cc1. The molecule has 56 heavy (non-hydrogen) atoms. The Hall–Kier alpha value is -4.60. The normalized spacial score (nSPS) is 13.1. The van der Waals surface area contributed by atoms with Gasteiger partial charge in [0.15, 0.2) is 13.6 Å². The highest BCUT2D eigenvalue weighted by molar-refractivity contribution is 7.95. The third-order valence-corrected chi connectivity index (χ3v) is 12.4. The van der Waals surface area contributed by atoms with Crippen LogP contribution >= 0.6 is 0 Å². The quantitative estimate of drug-likeness (QED) is 0.0301. The molecule has 0 N–H and O–H groups in total. The van der Waals surface area contributed by atoms with Crippen molar-refractivity contribution in [3.05, 3.63) is 145 Å².